The van der Waals surface area contributed by atoms with Gasteiger partial charge in [0.25, 0.3) is 0 Å². The third-order valence-electron chi connectivity index (χ3n) is 26.1. The van der Waals surface area contributed by atoms with Crippen molar-refractivity contribution in [1.82, 2.24) is 0 Å². The fourth-order valence-corrected chi connectivity index (χ4v) is 18.6. The summed E-state index contributed by atoms with van der Waals surface area (Å²) >= 11 is 0. The number of nitrogens with two attached hydrogens (primary N) is 7. The number of aliphatic imine (C=N–C) groups is 3. The van der Waals surface area contributed by atoms with Crippen LogP contribution in [0.15, 0.2) is 397 Å². The monoisotopic (exact) mass is 1850 g/mol. The molecule has 0 radical (unpaired) electrons. The quantitative estimate of drug-likeness (QED) is 0.0266. The molecule has 0 aromatic heterocycles. The fraction of sp³-hybridized carbons (Fsp3) is 0.139. The Bertz CT molecular complexity index is 7100. The molecule has 0 amide bonds. The van der Waals surface area contributed by atoms with E-state index in [-0.39, 0.29) is 11.9 Å². The van der Waals surface area contributed by atoms with E-state index in [1.807, 2.05) is 219 Å². The van der Waals surface area contributed by atoms with Gasteiger partial charge in [0.2, 0.25) is 17.9 Å². The maximum Gasteiger partial charge on any atom is 0.205 e. The molecule has 16 aromatic carbocycles. The van der Waals surface area contributed by atoms with Crippen LogP contribution < -0.4 is 74.3 Å². The fourth-order valence-electron chi connectivity index (χ4n) is 18.6. The minimum absolute atomic E-state index is 0.0665. The van der Waals surface area contributed by atoms with Crippen molar-refractivity contribution in [2.75, 3.05) is 36.0 Å². The number of hydrogen-bond donors (Lipinski definition) is 9. The lowest BCUT2D eigenvalue weighted by atomic mass is 9.95. The number of nitrogens with one attached hydrogen (secondary N) is 2. The minimum Gasteiger partial charge on any atom is -0.494 e. The van der Waals surface area contributed by atoms with E-state index in [4.69, 9.17) is 70.7 Å². The molecule has 0 saturated heterocycles. The Kier molecular flexibility index (Phi) is 31.0. The van der Waals surface area contributed by atoms with Crippen molar-refractivity contribution < 1.29 is 4.74 Å². The zero-order valence-electron chi connectivity index (χ0n) is 80.0. The number of ether oxygens (including phenoxy) is 1. The second-order valence-corrected chi connectivity index (χ2v) is 35.2. The van der Waals surface area contributed by atoms with Crippen LogP contribution in [0.1, 0.15) is 129 Å². The molecule has 141 heavy (non-hydrogen) atoms. The first-order valence-electron chi connectivity index (χ1n) is 48.3. The lowest BCUT2D eigenvalue weighted by Crippen LogP contribution is -2.46. The van der Waals surface area contributed by atoms with Gasteiger partial charge >= 0.3 is 0 Å². The molecule has 6 aliphatic heterocycles. The average molecular weight is 1850 g/mol. The van der Waals surface area contributed by atoms with E-state index >= 15 is 0 Å². The molecule has 1 unspecified atom stereocenters. The topological polar surface area (TPSA) is 296 Å². The van der Waals surface area contributed by atoms with E-state index in [1.165, 1.54) is 50.1 Å². The number of rotatable bonds is 10. The Labute approximate surface area is 827 Å². The Balaban J connectivity index is 0.000000118. The van der Waals surface area contributed by atoms with Gasteiger partial charge in [0, 0.05) is 16.8 Å². The van der Waals surface area contributed by atoms with Crippen molar-refractivity contribution in [2.45, 2.75) is 104 Å². The molecule has 19 heteroatoms. The van der Waals surface area contributed by atoms with Crippen LogP contribution in [0.3, 0.4) is 0 Å². The van der Waals surface area contributed by atoms with Crippen LogP contribution in [-0.4, -0.2) is 42.7 Å². The van der Waals surface area contributed by atoms with Gasteiger partial charge in [-0.1, -0.05) is 343 Å². The third-order valence-corrected chi connectivity index (χ3v) is 26.1. The molecule has 704 valence electrons. The number of nitrogens with zero attached hydrogens (tertiary/aromatic N) is 9. The number of benzene rings is 16. The molecule has 22 rings (SSSR count). The molecule has 6 aliphatic rings. The van der Waals surface area contributed by atoms with Crippen molar-refractivity contribution in [2.24, 2.45) is 55.1 Å². The molecule has 0 bridgehead atoms. The summed E-state index contributed by atoms with van der Waals surface area (Å²) in [6, 6.07) is 130. The third kappa shape index (κ3) is 22.8. The summed E-state index contributed by atoms with van der Waals surface area (Å²) in [4.78, 5) is 26.2. The van der Waals surface area contributed by atoms with Crippen molar-refractivity contribution in [3.05, 3.63) is 466 Å². The first-order chi connectivity index (χ1) is 69.0. The van der Waals surface area contributed by atoms with Gasteiger partial charge in [-0.25, -0.2) is 15.0 Å². The molecular formula is C122H120N18O. The van der Waals surface area contributed by atoms with Gasteiger partial charge in [-0.05, 0) is 249 Å². The summed E-state index contributed by atoms with van der Waals surface area (Å²) in [5.74, 6) is 2.98. The summed E-state index contributed by atoms with van der Waals surface area (Å²) < 4.78 is 5.73. The molecule has 0 fully saturated rings. The number of aryl methyl sites for hydroxylation is 6. The maximum atomic E-state index is 7.85. The molecule has 19 nitrogen and oxygen atoms in total. The number of fused-ring (bicyclic) bond motifs is 13. The van der Waals surface area contributed by atoms with Gasteiger partial charge in [-0.15, -0.1) is 0 Å². The van der Waals surface area contributed by atoms with Crippen molar-refractivity contribution in [3.8, 4) is 5.75 Å². The lowest BCUT2D eigenvalue weighted by molar-refractivity contribution is 0.309. The van der Waals surface area contributed by atoms with Gasteiger partial charge in [0.15, 0.2) is 11.9 Å². The number of unbranched alkanes of at least 4 members (excludes halogenated alkanes) is 1. The van der Waals surface area contributed by atoms with E-state index in [1.54, 1.807) is 0 Å². The number of anilines is 10. The predicted octanol–water partition coefficient (Wildman–Crippen LogP) is 26.2. The SMILES string of the molecule is CCC(C)c1ccc(N=C(N)N2Cc3ccccc3CCc3ccccc32)cc1.CCCCOc1ccc(N=C(N)N2c3ccccc3C=Cc3ccccc32)cc1.N=C(N)N1Cc2ccccc2CCc2ccccc21.N=C(N)N1c2ccccc2CCc2ccccc21.NC(=Nc1cccc2ccccc12)N1c2ccccc2C=Cc2ccccc21.NC(N)N1c2ccccc2C=Cc2ccccc21. The smallest absolute Gasteiger partial charge is 0.205 e. The Morgan fingerprint density at radius 1 is 0.312 bits per heavy atom. The summed E-state index contributed by atoms with van der Waals surface area (Å²) in [6.07, 6.45) is 21.4. The average Bonchev–Trinajstić information content (AvgIpc) is 1.63. The maximum absolute atomic E-state index is 7.85. The van der Waals surface area contributed by atoms with Crippen molar-refractivity contribution in [1.29, 1.82) is 10.8 Å². The molecule has 6 heterocycles. The summed E-state index contributed by atoms with van der Waals surface area (Å²) in [5, 5.41) is 17.9. The van der Waals surface area contributed by atoms with E-state index in [0.717, 1.165) is 195 Å². The van der Waals surface area contributed by atoms with E-state index in [0.29, 0.717) is 30.3 Å². The molecule has 16 N–H and O–H groups in total. The van der Waals surface area contributed by atoms with Crippen LogP contribution in [0.4, 0.5) is 73.9 Å². The van der Waals surface area contributed by atoms with E-state index in [2.05, 4.69) is 250 Å². The van der Waals surface area contributed by atoms with Crippen LogP contribution in [0.2, 0.25) is 0 Å². The normalized spacial score (nSPS) is 13.6. The molecule has 0 saturated carbocycles. The van der Waals surface area contributed by atoms with E-state index < -0.39 is 6.29 Å². The Hall–Kier alpha value is -17.1. The highest BCUT2D eigenvalue weighted by Gasteiger charge is 2.28. The van der Waals surface area contributed by atoms with Crippen LogP contribution in [0.25, 0.3) is 47.2 Å². The first kappa shape index (κ1) is 95.6. The first-order valence-corrected chi connectivity index (χ1v) is 48.3. The summed E-state index contributed by atoms with van der Waals surface area (Å²) in [6.45, 7) is 8.75. The van der Waals surface area contributed by atoms with Crippen LogP contribution in [0, 0.1) is 10.8 Å². The van der Waals surface area contributed by atoms with Crippen molar-refractivity contribution >= 4 is 151 Å². The molecule has 0 aliphatic carbocycles. The highest BCUT2D eigenvalue weighted by molar-refractivity contribution is 6.11. The zero-order valence-corrected chi connectivity index (χ0v) is 80.0. The second-order valence-electron chi connectivity index (χ2n) is 35.2. The lowest BCUT2D eigenvalue weighted by Gasteiger charge is -2.29. The standard InChI is InChI=1S/C26H29N3.C25H25N3O.C25H19N3.C16H17N3.2C15H15N3/c1-3-19(2)20-14-16-24(17-15-20)28-26(27)29-18-23-10-5-4-8-21(23)12-13-22-9-6-7-11-25(22)29;1-2-3-18-29-22-16-14-21(15-17-22)27-25(26)28-23-10-6-4-8-19(23)12-13-20-9-5-7-11-24(20)28;26-25(27-22-13-7-11-18-8-1-4-12-21(18)22)28-23-14-5-2-9-19(23)16-17-20-10-3-6-15-24(20)28;17-16(18)19-11-14-7-2-1-5-12(14)9-10-13-6-3-4-8-15(13)19;2*16-15(17)18-13-7-3-1-5-11(13)9-10-12-6-2-4-8-14(12)18/h4-11,14-17,19H,3,12-13,18H2,1-2H3,(H2,27,28);4-17H,2-3,18H2,1H3,(H2,26,27);1-17H,(H2,26,27);1-8H,9-11H2,(H3,17,18);1-8H,9-10H2,(H3,16,17);1-10,15H,16-17H2. The predicted molar refractivity (Wildman–Crippen MR) is 593 cm³/mol. The van der Waals surface area contributed by atoms with Gasteiger partial charge in [0.1, 0.15) is 12.0 Å². The molecule has 0 spiro atoms. The molecular weight excluding hydrogens is 1730 g/mol. The number of guanidine groups is 5. The highest BCUT2D eigenvalue weighted by Crippen LogP contribution is 2.43. The van der Waals surface area contributed by atoms with Gasteiger partial charge in [0.05, 0.1) is 82.3 Å². The number of hydrogen-bond acceptors (Lipinski definition) is 9. The van der Waals surface area contributed by atoms with Gasteiger partial charge < -0.3 is 48.1 Å². The zero-order chi connectivity index (χ0) is 97.5. The number of para-hydroxylation sites is 10. The van der Waals surface area contributed by atoms with Gasteiger partial charge in [-0.3, -0.25) is 37.0 Å². The molecule has 1 atom stereocenters. The van der Waals surface area contributed by atoms with Crippen LogP contribution in [-0.2, 0) is 51.6 Å². The summed E-state index contributed by atoms with van der Waals surface area (Å²) in [7, 11) is 0. The Morgan fingerprint density at radius 2 is 0.638 bits per heavy atom. The minimum atomic E-state index is -0.563. The Morgan fingerprint density at radius 3 is 1.06 bits per heavy atom. The van der Waals surface area contributed by atoms with E-state index in [9.17, 15) is 0 Å². The van der Waals surface area contributed by atoms with Crippen LogP contribution in [0.5, 0.6) is 5.75 Å². The van der Waals surface area contributed by atoms with Crippen molar-refractivity contribution in [3.63, 3.8) is 0 Å². The molecule has 16 aromatic rings. The largest absolute Gasteiger partial charge is 0.494 e. The van der Waals surface area contributed by atoms with Crippen LogP contribution >= 0.6 is 0 Å². The van der Waals surface area contributed by atoms with Gasteiger partial charge in [-0.2, -0.15) is 0 Å². The highest BCUT2D eigenvalue weighted by atomic mass is 16.5. The second kappa shape index (κ2) is 45.7. The summed E-state index contributed by atoms with van der Waals surface area (Å²) in [5.41, 5.74) is 74.4.